The zero-order chi connectivity index (χ0) is 8.41. The van der Waals surface area contributed by atoms with Crippen molar-refractivity contribution in [2.75, 3.05) is 0 Å². The lowest BCUT2D eigenvalue weighted by Gasteiger charge is -2.05. The molecule has 0 fully saturated rings. The van der Waals surface area contributed by atoms with Crippen LogP contribution in [0, 0.1) is 0 Å². The Balaban J connectivity index is 4.95. The van der Waals surface area contributed by atoms with Crippen molar-refractivity contribution in [2.45, 2.75) is 0 Å². The highest BCUT2D eigenvalue weighted by Crippen LogP contribution is 2.75. The summed E-state index contributed by atoms with van der Waals surface area (Å²) in [6.07, 6.45) is 0. The van der Waals surface area contributed by atoms with Crippen molar-refractivity contribution in [1.29, 1.82) is 0 Å². The van der Waals surface area contributed by atoms with E-state index in [2.05, 4.69) is 6.58 Å². The summed E-state index contributed by atoms with van der Waals surface area (Å²) in [6.45, 7) is 2.90. The molecule has 0 aromatic carbocycles. The fraction of sp³-hybridized carbons (Fsp3) is 0. The molecular weight excluding hydrogens is 178 g/mol. The molecule has 7 heteroatoms. The monoisotopic (exact) mass is 184 g/mol. The van der Waals surface area contributed by atoms with Crippen LogP contribution in [0.15, 0.2) is 18.1 Å². The van der Waals surface area contributed by atoms with Crippen LogP contribution < -0.4 is 0 Å². The van der Waals surface area contributed by atoms with Gasteiger partial charge in [-0.1, -0.05) is 6.58 Å². The van der Waals surface area contributed by atoms with Crippen molar-refractivity contribution in [3.8, 4) is 0 Å². The molecule has 58 valence electrons. The Hall–Kier alpha value is -0.140. The summed E-state index contributed by atoms with van der Waals surface area (Å²) in [6, 6.07) is 0. The Labute approximate surface area is 57.2 Å². The van der Waals surface area contributed by atoms with Gasteiger partial charge in [0, 0.05) is 0 Å². The van der Waals surface area contributed by atoms with Crippen LogP contribution in [-0.2, 0) is 9.13 Å². The third kappa shape index (κ3) is 2.24. The van der Waals surface area contributed by atoms with Crippen LogP contribution in [0.5, 0.6) is 0 Å². The molecule has 0 saturated carbocycles. The maximum absolute atomic E-state index is 10.5. The largest absolute Gasteiger partial charge is 0.412 e. The van der Waals surface area contributed by atoms with Crippen LogP contribution in [0.3, 0.4) is 0 Å². The molecule has 0 amide bonds. The molecule has 0 saturated heterocycles. The van der Waals surface area contributed by atoms with Gasteiger partial charge in [-0.25, -0.2) is 4.57 Å². The Bertz CT molecular complexity index is 256. The fourth-order valence-corrected chi connectivity index (χ4v) is 1.28. The predicted molar refractivity (Wildman–Crippen MR) is 35.6 cm³/mol. The predicted octanol–water partition coefficient (Wildman–Crippen LogP) is 0.648. The second kappa shape index (κ2) is 2.85. The molecular formula is C3H6O5P2. The molecule has 0 aliphatic rings. The first-order chi connectivity index (χ1) is 4.31. The van der Waals surface area contributed by atoms with E-state index in [4.69, 9.17) is 14.7 Å². The van der Waals surface area contributed by atoms with Crippen molar-refractivity contribution in [3.63, 3.8) is 0 Å². The molecule has 0 bridgehead atoms. The van der Waals surface area contributed by atoms with Crippen LogP contribution in [0.4, 0.5) is 0 Å². The first kappa shape index (κ1) is 9.86. The molecule has 5 nitrogen and oxygen atoms in total. The molecule has 0 aromatic rings. The van der Waals surface area contributed by atoms with E-state index in [1.54, 1.807) is 0 Å². The van der Waals surface area contributed by atoms with Gasteiger partial charge in [-0.05, 0) is 0 Å². The van der Waals surface area contributed by atoms with Crippen molar-refractivity contribution < 1.29 is 23.8 Å². The lowest BCUT2D eigenvalue weighted by molar-refractivity contribution is 0.379. The summed E-state index contributed by atoms with van der Waals surface area (Å²) in [5, 5.41) is 0. The summed E-state index contributed by atoms with van der Waals surface area (Å²) in [7, 11) is -9.44. The molecule has 0 rings (SSSR count). The van der Waals surface area contributed by atoms with Crippen LogP contribution in [0.2, 0.25) is 0 Å². The lowest BCUT2D eigenvalue weighted by Crippen LogP contribution is -1.77. The van der Waals surface area contributed by atoms with Crippen LogP contribution in [-0.4, -0.2) is 14.7 Å². The Morgan fingerprint density at radius 3 is 1.80 bits per heavy atom. The molecule has 0 aliphatic heterocycles. The maximum atomic E-state index is 10.5. The molecule has 3 N–H and O–H groups in total. The smallest absolute Gasteiger partial charge is 0.333 e. The summed E-state index contributed by atoms with van der Waals surface area (Å²) in [4.78, 5) is 24.8. The van der Waals surface area contributed by atoms with Gasteiger partial charge in [0.15, 0.2) is 0 Å². The van der Waals surface area contributed by atoms with Crippen LogP contribution >= 0.6 is 14.3 Å². The molecule has 1 unspecified atom stereocenters. The SMILES string of the molecule is C=C=CP(=O)(O)P(=O)(O)O. The molecule has 0 aromatic heterocycles. The number of hydrogen-bond donors (Lipinski definition) is 3. The molecule has 10 heavy (non-hydrogen) atoms. The third-order valence-electron chi connectivity index (χ3n) is 0.633. The highest BCUT2D eigenvalue weighted by molar-refractivity contribution is 8.30. The summed E-state index contributed by atoms with van der Waals surface area (Å²) in [5.41, 5.74) is 1.83. The first-order valence-corrected chi connectivity index (χ1v) is 6.11. The van der Waals surface area contributed by atoms with E-state index < -0.39 is 14.3 Å². The summed E-state index contributed by atoms with van der Waals surface area (Å²) >= 11 is 0. The molecule has 0 radical (unpaired) electrons. The first-order valence-electron chi connectivity index (χ1n) is 2.07. The Kier molecular flexibility index (Phi) is 2.81. The van der Waals surface area contributed by atoms with Gasteiger partial charge < -0.3 is 14.7 Å². The van der Waals surface area contributed by atoms with E-state index in [1.807, 2.05) is 5.73 Å². The average molecular weight is 184 g/mol. The van der Waals surface area contributed by atoms with Crippen LogP contribution in [0.1, 0.15) is 0 Å². The minimum atomic E-state index is -4.93. The summed E-state index contributed by atoms with van der Waals surface area (Å²) < 4.78 is 20.6. The van der Waals surface area contributed by atoms with Crippen molar-refractivity contribution >= 4 is 14.3 Å². The van der Waals surface area contributed by atoms with Crippen molar-refractivity contribution in [1.82, 2.24) is 0 Å². The number of hydrogen-bond acceptors (Lipinski definition) is 2. The van der Waals surface area contributed by atoms with Crippen molar-refractivity contribution in [2.24, 2.45) is 0 Å². The maximum Gasteiger partial charge on any atom is 0.412 e. The normalized spacial score (nSPS) is 17.1. The van der Waals surface area contributed by atoms with E-state index in [1.165, 1.54) is 0 Å². The molecule has 1 atom stereocenters. The second-order valence-electron chi connectivity index (χ2n) is 1.44. The standard InChI is InChI=1S/C3H6O5P2/c1-2-3-9(4,5)10(6,7)8/h3H,1H2,(H,4,5)(H2,6,7,8). The van der Waals surface area contributed by atoms with Gasteiger partial charge in [0.05, 0.1) is 5.82 Å². The molecule has 0 aliphatic carbocycles. The van der Waals surface area contributed by atoms with E-state index >= 15 is 0 Å². The van der Waals surface area contributed by atoms with E-state index in [-0.39, 0.29) is 0 Å². The van der Waals surface area contributed by atoms with Gasteiger partial charge in [0.25, 0.3) is 0 Å². The summed E-state index contributed by atoms with van der Waals surface area (Å²) in [5.74, 6) is 0.383. The van der Waals surface area contributed by atoms with Gasteiger partial charge >= 0.3 is 14.3 Å². The quantitative estimate of drug-likeness (QED) is 0.432. The highest BCUT2D eigenvalue weighted by Gasteiger charge is 2.37. The minimum Gasteiger partial charge on any atom is -0.333 e. The molecule has 0 heterocycles. The zero-order valence-corrected chi connectivity index (χ0v) is 6.63. The van der Waals surface area contributed by atoms with E-state index in [0.717, 1.165) is 0 Å². The third-order valence-corrected chi connectivity index (χ3v) is 4.48. The van der Waals surface area contributed by atoms with E-state index in [0.29, 0.717) is 5.82 Å². The van der Waals surface area contributed by atoms with Crippen molar-refractivity contribution in [3.05, 3.63) is 18.1 Å². The minimum absolute atomic E-state index is 0.383. The van der Waals surface area contributed by atoms with Gasteiger partial charge in [0.1, 0.15) is 0 Å². The van der Waals surface area contributed by atoms with Gasteiger partial charge in [-0.3, -0.25) is 4.57 Å². The molecule has 0 spiro atoms. The topological polar surface area (TPSA) is 94.8 Å². The van der Waals surface area contributed by atoms with Gasteiger partial charge in [-0.2, -0.15) is 0 Å². The van der Waals surface area contributed by atoms with Gasteiger partial charge in [-0.15, -0.1) is 5.73 Å². The fourth-order valence-electron chi connectivity index (χ4n) is 0.194. The van der Waals surface area contributed by atoms with Gasteiger partial charge in [0.2, 0.25) is 0 Å². The lowest BCUT2D eigenvalue weighted by atomic mass is 11.0. The Morgan fingerprint density at radius 2 is 1.70 bits per heavy atom. The zero-order valence-electron chi connectivity index (χ0n) is 4.84. The highest BCUT2D eigenvalue weighted by atomic mass is 32.1. The van der Waals surface area contributed by atoms with Crippen LogP contribution in [0.25, 0.3) is 0 Å². The second-order valence-corrected chi connectivity index (χ2v) is 7.18. The van der Waals surface area contributed by atoms with E-state index in [9.17, 15) is 9.13 Å². The Morgan fingerprint density at radius 1 is 1.30 bits per heavy atom. The average Bonchev–Trinajstić information content (AvgIpc) is 1.61. The number of rotatable bonds is 2.